The summed E-state index contributed by atoms with van der Waals surface area (Å²) in [6.45, 7) is 7.63. The van der Waals surface area contributed by atoms with Gasteiger partial charge in [0.15, 0.2) is 11.6 Å². The van der Waals surface area contributed by atoms with E-state index < -0.39 is 0 Å². The minimum absolute atomic E-state index is 0.00612. The first-order chi connectivity index (χ1) is 30.2. The van der Waals surface area contributed by atoms with E-state index in [-0.39, 0.29) is 12.0 Å². The molecule has 1 atom stereocenters. The number of ether oxygens (including phenoxy) is 1. The molecule has 8 aromatic rings. The molecular weight excluding hydrogens is 777 g/mol. The lowest BCUT2D eigenvalue weighted by molar-refractivity contribution is 0.183. The van der Waals surface area contributed by atoms with Crippen LogP contribution < -0.4 is 10.6 Å². The van der Waals surface area contributed by atoms with Gasteiger partial charge >= 0.3 is 0 Å². The van der Waals surface area contributed by atoms with E-state index in [2.05, 4.69) is 97.1 Å². The number of anilines is 4. The van der Waals surface area contributed by atoms with Gasteiger partial charge in [-0.05, 0) is 61.4 Å². The number of methoxy groups -OCH3 is 1. The van der Waals surface area contributed by atoms with E-state index in [1.807, 2.05) is 62.7 Å². The van der Waals surface area contributed by atoms with Crippen LogP contribution in [0.1, 0.15) is 82.0 Å². The number of nitrogens with one attached hydrogen (secondary N) is 2. The SMILES string of the molecule is COCCn1ccc(Nc2ncc3c(n2)-c2c(nn(C)c2Cc2cccc(C4Cc5nn(C)c(Cc6ccccc6C)c5-c5nc(Nc6ccn(C(C)C)n6)ncc54)c2)CC3)n1. The van der Waals surface area contributed by atoms with Crippen LogP contribution in [0, 0.1) is 6.92 Å². The molecule has 0 saturated carbocycles. The average Bonchev–Trinajstić information content (AvgIpc) is 4.07. The molecule has 2 aromatic carbocycles. The monoisotopic (exact) mass is 826 g/mol. The second-order valence-electron chi connectivity index (χ2n) is 16.6. The Kier molecular flexibility index (Phi) is 10.2. The van der Waals surface area contributed by atoms with Gasteiger partial charge in [-0.15, -0.1) is 0 Å². The summed E-state index contributed by atoms with van der Waals surface area (Å²) >= 11 is 0. The molecule has 62 heavy (non-hydrogen) atoms. The Bertz CT molecular complexity index is 2930. The zero-order chi connectivity index (χ0) is 42.5. The van der Waals surface area contributed by atoms with Crippen molar-refractivity contribution in [1.29, 1.82) is 0 Å². The molecule has 0 saturated heterocycles. The van der Waals surface area contributed by atoms with Crippen LogP contribution in [0.5, 0.6) is 0 Å². The van der Waals surface area contributed by atoms with E-state index in [1.165, 1.54) is 22.3 Å². The van der Waals surface area contributed by atoms with E-state index in [4.69, 9.17) is 35.0 Å². The number of benzene rings is 2. The van der Waals surface area contributed by atoms with Crippen molar-refractivity contribution < 1.29 is 4.74 Å². The summed E-state index contributed by atoms with van der Waals surface area (Å²) in [6.07, 6.45) is 11.7. The fraction of sp³-hybridized carbons (Fsp3) is 0.319. The maximum absolute atomic E-state index is 5.26. The van der Waals surface area contributed by atoms with E-state index in [1.54, 1.807) is 7.11 Å². The van der Waals surface area contributed by atoms with Crippen LogP contribution >= 0.6 is 0 Å². The predicted octanol–water partition coefficient (Wildman–Crippen LogP) is 7.45. The number of nitrogens with zero attached hydrogens (tertiary/aromatic N) is 12. The number of rotatable bonds is 13. The first-order valence-corrected chi connectivity index (χ1v) is 21.3. The Morgan fingerprint density at radius 3 is 2.27 bits per heavy atom. The van der Waals surface area contributed by atoms with Gasteiger partial charge in [0.25, 0.3) is 0 Å². The van der Waals surface area contributed by atoms with Crippen molar-refractivity contribution in [2.75, 3.05) is 24.4 Å². The Labute approximate surface area is 360 Å². The molecule has 0 amide bonds. The molecule has 2 aliphatic carbocycles. The summed E-state index contributed by atoms with van der Waals surface area (Å²) in [5.74, 6) is 2.39. The summed E-state index contributed by atoms with van der Waals surface area (Å²) in [5, 5.41) is 26.2. The van der Waals surface area contributed by atoms with Crippen molar-refractivity contribution in [3.63, 3.8) is 0 Å². The summed E-state index contributed by atoms with van der Waals surface area (Å²) in [5.41, 5.74) is 15.4. The molecule has 0 fully saturated rings. The van der Waals surface area contributed by atoms with Gasteiger partial charge in [-0.25, -0.2) is 19.9 Å². The molecule has 2 aliphatic rings. The van der Waals surface area contributed by atoms with Crippen molar-refractivity contribution in [2.24, 2.45) is 14.1 Å². The van der Waals surface area contributed by atoms with Crippen LogP contribution in [0.2, 0.25) is 0 Å². The number of hydrogen-bond donors (Lipinski definition) is 2. The van der Waals surface area contributed by atoms with Gasteiger partial charge in [-0.1, -0.05) is 48.5 Å². The van der Waals surface area contributed by atoms with Gasteiger partial charge in [-0.3, -0.25) is 18.7 Å². The fourth-order valence-corrected chi connectivity index (χ4v) is 8.90. The highest BCUT2D eigenvalue weighted by molar-refractivity contribution is 5.75. The molecule has 1 unspecified atom stereocenters. The zero-order valence-electron chi connectivity index (χ0n) is 36.0. The van der Waals surface area contributed by atoms with Crippen LogP contribution in [0.4, 0.5) is 23.5 Å². The maximum atomic E-state index is 5.26. The quantitative estimate of drug-likeness (QED) is 0.119. The predicted molar refractivity (Wildman–Crippen MR) is 238 cm³/mol. The van der Waals surface area contributed by atoms with Crippen molar-refractivity contribution >= 4 is 23.5 Å². The molecule has 2 N–H and O–H groups in total. The van der Waals surface area contributed by atoms with E-state index in [9.17, 15) is 0 Å². The Hall–Kier alpha value is -7.00. The number of aryl methyl sites for hydroxylation is 5. The topological polar surface area (TPSA) is 156 Å². The second kappa shape index (κ2) is 16.1. The van der Waals surface area contributed by atoms with Gasteiger partial charge in [0.05, 0.1) is 47.3 Å². The van der Waals surface area contributed by atoms with Crippen LogP contribution in [0.25, 0.3) is 22.5 Å². The normalized spacial score (nSPS) is 14.1. The smallest absolute Gasteiger partial charge is 0.228 e. The Balaban J connectivity index is 0.983. The van der Waals surface area contributed by atoms with Gasteiger partial charge in [0.1, 0.15) is 0 Å². The molecule has 0 spiro atoms. The van der Waals surface area contributed by atoms with Crippen molar-refractivity contribution in [3.8, 4) is 22.5 Å². The number of hydrogen-bond acceptors (Lipinski definition) is 11. The van der Waals surface area contributed by atoms with E-state index in [0.29, 0.717) is 43.1 Å². The second-order valence-corrected chi connectivity index (χ2v) is 16.6. The number of fused-ring (bicyclic) bond motifs is 6. The first kappa shape index (κ1) is 39.2. The maximum Gasteiger partial charge on any atom is 0.228 e. The van der Waals surface area contributed by atoms with Crippen LogP contribution in [0.15, 0.2) is 85.5 Å². The molecule has 6 heterocycles. The van der Waals surface area contributed by atoms with Gasteiger partial charge < -0.3 is 15.4 Å². The van der Waals surface area contributed by atoms with Crippen molar-refractivity contribution in [1.82, 2.24) is 59.1 Å². The van der Waals surface area contributed by atoms with Gasteiger partial charge in [-0.2, -0.15) is 20.4 Å². The third kappa shape index (κ3) is 7.42. The fourth-order valence-electron chi connectivity index (χ4n) is 8.90. The van der Waals surface area contributed by atoms with Gasteiger partial charge in [0, 0.05) is 106 Å². The van der Waals surface area contributed by atoms with E-state index in [0.717, 1.165) is 82.1 Å². The lowest BCUT2D eigenvalue weighted by Gasteiger charge is -2.26. The Morgan fingerprint density at radius 1 is 0.758 bits per heavy atom. The highest BCUT2D eigenvalue weighted by atomic mass is 16.5. The third-order valence-corrected chi connectivity index (χ3v) is 12.2. The molecule has 0 aliphatic heterocycles. The summed E-state index contributed by atoms with van der Waals surface area (Å²) < 4.78 is 13.0. The minimum atomic E-state index is -0.00612. The minimum Gasteiger partial charge on any atom is -0.383 e. The van der Waals surface area contributed by atoms with Gasteiger partial charge in [0.2, 0.25) is 11.9 Å². The van der Waals surface area contributed by atoms with Crippen LogP contribution in [-0.4, -0.2) is 72.8 Å². The van der Waals surface area contributed by atoms with Crippen LogP contribution in [0.3, 0.4) is 0 Å². The summed E-state index contributed by atoms with van der Waals surface area (Å²) in [6, 6.07) is 21.6. The zero-order valence-corrected chi connectivity index (χ0v) is 36.0. The number of aromatic nitrogens is 12. The standard InChI is InChI=1S/C47H50N14O/c1-28(2)61-19-17-41(57-61)51-47-49-27-35-34(25-37-43(45(35)53-47)39(59(5)55-37)24-31-12-8-7-10-29(31)3)32-13-9-11-30(22-32)23-38-42-36(54-58(38)4)15-14-33-26-48-46(52-44(33)42)50-40-16-18-60(56-40)20-21-62-6/h7-13,16-19,22,26-28,34H,14-15,20-21,23-25H2,1-6H3,(H,48,50,52,56)(H,49,51,53,57). The van der Waals surface area contributed by atoms with E-state index >= 15 is 0 Å². The highest BCUT2D eigenvalue weighted by Crippen LogP contribution is 2.44. The molecule has 314 valence electrons. The molecule has 15 nitrogen and oxygen atoms in total. The molecule has 6 aromatic heterocycles. The molecule has 15 heteroatoms. The van der Waals surface area contributed by atoms with Crippen molar-refractivity contribution in [2.45, 2.75) is 71.4 Å². The summed E-state index contributed by atoms with van der Waals surface area (Å²) in [4.78, 5) is 19.9. The molecule has 0 bridgehead atoms. The third-order valence-electron chi connectivity index (χ3n) is 12.2. The lowest BCUT2D eigenvalue weighted by Crippen LogP contribution is -2.16. The summed E-state index contributed by atoms with van der Waals surface area (Å²) in [7, 11) is 5.77. The lowest BCUT2D eigenvalue weighted by atomic mass is 9.79. The Morgan fingerprint density at radius 2 is 1.48 bits per heavy atom. The molecule has 10 rings (SSSR count). The molecule has 0 radical (unpaired) electrons. The van der Waals surface area contributed by atoms with Crippen molar-refractivity contribution in [3.05, 3.63) is 142 Å². The molecular formula is C47H50N14O. The van der Waals surface area contributed by atoms with Crippen LogP contribution in [-0.2, 0) is 57.5 Å². The first-order valence-electron chi connectivity index (χ1n) is 21.3. The average molecular weight is 827 g/mol. The largest absolute Gasteiger partial charge is 0.383 e. The highest BCUT2D eigenvalue weighted by Gasteiger charge is 2.34.